The van der Waals surface area contributed by atoms with Gasteiger partial charge in [-0.15, -0.1) is 0 Å². The van der Waals surface area contributed by atoms with E-state index in [1.807, 2.05) is 0 Å². The maximum atomic E-state index is 12.5. The summed E-state index contributed by atoms with van der Waals surface area (Å²) in [7, 11) is 0. The molecule has 90 valence electrons. The van der Waals surface area contributed by atoms with Crippen molar-refractivity contribution in [3.05, 3.63) is 46.7 Å². The van der Waals surface area contributed by atoms with Gasteiger partial charge in [-0.3, -0.25) is 0 Å². The first-order valence-corrected chi connectivity index (χ1v) is 5.15. The van der Waals surface area contributed by atoms with Crippen LogP contribution in [0.1, 0.15) is 11.4 Å². The molecular weight excluding hydrogens is 253 g/mol. The zero-order valence-corrected chi connectivity index (χ0v) is 9.55. The summed E-state index contributed by atoms with van der Waals surface area (Å²) in [5, 5.41) is 4.05. The second-order valence-electron chi connectivity index (χ2n) is 3.56. The first-order valence-electron chi connectivity index (χ1n) is 4.78. The summed E-state index contributed by atoms with van der Waals surface area (Å²) >= 11 is 5.71. The minimum Gasteiger partial charge on any atom is -0.238 e. The Morgan fingerprint density at radius 1 is 1.18 bits per heavy atom. The van der Waals surface area contributed by atoms with Crippen LogP contribution < -0.4 is 0 Å². The van der Waals surface area contributed by atoms with Crippen molar-refractivity contribution in [2.75, 3.05) is 0 Å². The van der Waals surface area contributed by atoms with Gasteiger partial charge in [-0.2, -0.15) is 18.3 Å². The van der Waals surface area contributed by atoms with Crippen LogP contribution in [-0.2, 0) is 6.18 Å². The predicted molar refractivity (Wildman–Crippen MR) is 58.3 cm³/mol. The minimum absolute atomic E-state index is 0.416. The number of halogens is 4. The molecule has 1 aromatic heterocycles. The maximum absolute atomic E-state index is 12.5. The van der Waals surface area contributed by atoms with Gasteiger partial charge in [0.2, 0.25) is 0 Å². The average Bonchev–Trinajstić information content (AvgIpc) is 2.61. The molecule has 0 spiro atoms. The van der Waals surface area contributed by atoms with Crippen molar-refractivity contribution in [1.29, 1.82) is 0 Å². The molecule has 0 N–H and O–H groups in total. The highest BCUT2D eigenvalue weighted by atomic mass is 35.5. The summed E-state index contributed by atoms with van der Waals surface area (Å²) < 4.78 is 38.6. The first-order chi connectivity index (χ1) is 7.88. The summed E-state index contributed by atoms with van der Waals surface area (Å²) in [6.07, 6.45) is -4.43. The molecule has 6 heteroatoms. The zero-order valence-electron chi connectivity index (χ0n) is 8.79. The minimum atomic E-state index is -4.43. The molecule has 17 heavy (non-hydrogen) atoms. The normalized spacial score (nSPS) is 11.8. The van der Waals surface area contributed by atoms with Crippen LogP contribution in [0, 0.1) is 6.92 Å². The smallest absolute Gasteiger partial charge is 0.238 e. The number of aryl methyl sites for hydroxylation is 1. The highest BCUT2D eigenvalue weighted by Gasteiger charge is 2.34. The summed E-state index contributed by atoms with van der Waals surface area (Å²) in [6, 6.07) is 7.44. The molecule has 2 rings (SSSR count). The largest absolute Gasteiger partial charge is 0.435 e. The fourth-order valence-corrected chi connectivity index (χ4v) is 1.58. The molecule has 0 aliphatic heterocycles. The molecular formula is C11H8ClF3N2. The van der Waals surface area contributed by atoms with Crippen molar-refractivity contribution < 1.29 is 13.2 Å². The lowest BCUT2D eigenvalue weighted by Crippen LogP contribution is -2.07. The number of hydrogen-bond donors (Lipinski definition) is 0. The third kappa shape index (κ3) is 2.44. The standard InChI is InChI=1S/C11H8ClF3N2/c1-7-6-10(11(13,14)15)16-17(7)9-4-2-8(12)3-5-9/h2-6H,1H3. The summed E-state index contributed by atoms with van der Waals surface area (Å²) in [5.41, 5.74) is 0.0620. The fraction of sp³-hybridized carbons (Fsp3) is 0.182. The van der Waals surface area contributed by atoms with Crippen LogP contribution in [0.25, 0.3) is 5.69 Å². The van der Waals surface area contributed by atoms with Gasteiger partial charge in [0.05, 0.1) is 5.69 Å². The number of aromatic nitrogens is 2. The quantitative estimate of drug-likeness (QED) is 0.761. The van der Waals surface area contributed by atoms with Gasteiger partial charge in [-0.05, 0) is 37.3 Å². The van der Waals surface area contributed by atoms with E-state index in [0.29, 0.717) is 16.4 Å². The third-order valence-corrected chi connectivity index (χ3v) is 2.50. The molecule has 0 amide bonds. The van der Waals surface area contributed by atoms with Gasteiger partial charge in [-0.1, -0.05) is 11.6 Å². The van der Waals surface area contributed by atoms with E-state index < -0.39 is 11.9 Å². The third-order valence-electron chi connectivity index (χ3n) is 2.25. The van der Waals surface area contributed by atoms with Crippen LogP contribution in [0.5, 0.6) is 0 Å². The Kier molecular flexibility index (Phi) is 2.87. The van der Waals surface area contributed by atoms with E-state index in [0.717, 1.165) is 6.07 Å². The Bertz CT molecular complexity index is 529. The SMILES string of the molecule is Cc1cc(C(F)(F)F)nn1-c1ccc(Cl)cc1. The lowest BCUT2D eigenvalue weighted by Gasteiger charge is -2.04. The monoisotopic (exact) mass is 260 g/mol. The van der Waals surface area contributed by atoms with Crippen LogP contribution in [0.2, 0.25) is 5.02 Å². The topological polar surface area (TPSA) is 17.8 Å². The lowest BCUT2D eigenvalue weighted by molar-refractivity contribution is -0.141. The molecule has 0 saturated heterocycles. The highest BCUT2D eigenvalue weighted by molar-refractivity contribution is 6.30. The van der Waals surface area contributed by atoms with Crippen LogP contribution in [0.4, 0.5) is 13.2 Å². The van der Waals surface area contributed by atoms with Gasteiger partial charge in [0.1, 0.15) is 0 Å². The van der Waals surface area contributed by atoms with Crippen LogP contribution in [-0.4, -0.2) is 9.78 Å². The lowest BCUT2D eigenvalue weighted by atomic mass is 10.3. The molecule has 2 nitrogen and oxygen atoms in total. The van der Waals surface area contributed by atoms with Crippen molar-refractivity contribution in [3.8, 4) is 5.69 Å². The van der Waals surface area contributed by atoms with E-state index in [-0.39, 0.29) is 0 Å². The number of alkyl halides is 3. The summed E-state index contributed by atoms with van der Waals surface area (Å²) in [6.45, 7) is 1.57. The summed E-state index contributed by atoms with van der Waals surface area (Å²) in [4.78, 5) is 0. The Hall–Kier alpha value is -1.49. The molecule has 0 radical (unpaired) electrons. The molecule has 0 aliphatic carbocycles. The highest BCUT2D eigenvalue weighted by Crippen LogP contribution is 2.29. The number of benzene rings is 1. The van der Waals surface area contributed by atoms with E-state index in [1.165, 1.54) is 4.68 Å². The van der Waals surface area contributed by atoms with E-state index in [9.17, 15) is 13.2 Å². The van der Waals surface area contributed by atoms with Gasteiger partial charge >= 0.3 is 6.18 Å². The van der Waals surface area contributed by atoms with Crippen LogP contribution in [0.15, 0.2) is 30.3 Å². The molecule has 0 saturated carbocycles. The number of rotatable bonds is 1. The molecule has 0 aliphatic rings. The van der Waals surface area contributed by atoms with Crippen molar-refractivity contribution >= 4 is 11.6 Å². The van der Waals surface area contributed by atoms with Gasteiger partial charge in [0, 0.05) is 10.7 Å². The predicted octanol–water partition coefficient (Wildman–Crippen LogP) is 3.85. The van der Waals surface area contributed by atoms with Crippen LogP contribution >= 0.6 is 11.6 Å². The van der Waals surface area contributed by atoms with Crippen molar-refractivity contribution in [1.82, 2.24) is 9.78 Å². The van der Waals surface area contributed by atoms with E-state index in [2.05, 4.69) is 5.10 Å². The van der Waals surface area contributed by atoms with Gasteiger partial charge < -0.3 is 0 Å². The molecule has 0 bridgehead atoms. The number of hydrogen-bond acceptors (Lipinski definition) is 1. The molecule has 0 unspecified atom stereocenters. The molecule has 0 fully saturated rings. The molecule has 1 aromatic carbocycles. The van der Waals surface area contributed by atoms with Gasteiger partial charge in [0.15, 0.2) is 5.69 Å². The average molecular weight is 261 g/mol. The Morgan fingerprint density at radius 3 is 2.24 bits per heavy atom. The Labute approximate surface area is 101 Å². The first kappa shape index (κ1) is 12.0. The zero-order chi connectivity index (χ0) is 12.6. The van der Waals surface area contributed by atoms with E-state index in [1.54, 1.807) is 31.2 Å². The maximum Gasteiger partial charge on any atom is 0.435 e. The number of nitrogens with zero attached hydrogens (tertiary/aromatic N) is 2. The van der Waals surface area contributed by atoms with E-state index in [4.69, 9.17) is 11.6 Å². The van der Waals surface area contributed by atoms with Gasteiger partial charge in [0.25, 0.3) is 0 Å². The Morgan fingerprint density at radius 2 is 1.76 bits per heavy atom. The molecule has 0 atom stereocenters. The van der Waals surface area contributed by atoms with Crippen LogP contribution in [0.3, 0.4) is 0 Å². The van der Waals surface area contributed by atoms with E-state index >= 15 is 0 Å². The second-order valence-corrected chi connectivity index (χ2v) is 3.99. The molecule has 2 aromatic rings. The fourth-order valence-electron chi connectivity index (χ4n) is 1.46. The second kappa shape index (κ2) is 4.07. The van der Waals surface area contributed by atoms with Crippen molar-refractivity contribution in [2.24, 2.45) is 0 Å². The molecule has 1 heterocycles. The van der Waals surface area contributed by atoms with Crippen molar-refractivity contribution in [2.45, 2.75) is 13.1 Å². The summed E-state index contributed by atoms with van der Waals surface area (Å²) in [5.74, 6) is 0. The van der Waals surface area contributed by atoms with Crippen molar-refractivity contribution in [3.63, 3.8) is 0 Å². The Balaban J connectivity index is 2.46. The van der Waals surface area contributed by atoms with Gasteiger partial charge in [-0.25, -0.2) is 4.68 Å².